The zero-order chi connectivity index (χ0) is 22.5. The fourth-order valence-corrected chi connectivity index (χ4v) is 3.51. The maximum atomic E-state index is 12.9. The van der Waals surface area contributed by atoms with Gasteiger partial charge in [0, 0.05) is 49.7 Å². The number of aromatic nitrogens is 2. The second-order valence-corrected chi connectivity index (χ2v) is 7.63. The third-order valence-corrected chi connectivity index (χ3v) is 5.43. The molecule has 8 heteroatoms. The van der Waals surface area contributed by atoms with Crippen LogP contribution in [0.25, 0.3) is 11.4 Å². The summed E-state index contributed by atoms with van der Waals surface area (Å²) < 4.78 is 5.38. The molecule has 0 saturated carbocycles. The summed E-state index contributed by atoms with van der Waals surface area (Å²) >= 11 is 0. The summed E-state index contributed by atoms with van der Waals surface area (Å²) in [6, 6.07) is 14.6. The molecule has 2 heterocycles. The Kier molecular flexibility index (Phi) is 6.42. The lowest BCUT2D eigenvalue weighted by Crippen LogP contribution is -2.47. The van der Waals surface area contributed by atoms with Crippen LogP contribution < -0.4 is 10.1 Å². The number of nitrogens with zero attached hydrogens (tertiary/aromatic N) is 4. The number of likely N-dealkylation sites (N-methyl/N-ethyl adjacent to an activating group) is 1. The fourth-order valence-electron chi connectivity index (χ4n) is 3.51. The minimum atomic E-state index is -0.382. The molecule has 0 spiro atoms. The minimum absolute atomic E-state index is 0.0631. The molecular weight excluding hydrogens is 406 g/mol. The zero-order valence-electron chi connectivity index (χ0n) is 18.1. The predicted molar refractivity (Wildman–Crippen MR) is 122 cm³/mol. The number of benzene rings is 2. The van der Waals surface area contributed by atoms with Crippen molar-refractivity contribution in [2.45, 2.75) is 0 Å². The van der Waals surface area contributed by atoms with Crippen LogP contribution in [0.1, 0.15) is 20.7 Å². The van der Waals surface area contributed by atoms with Crippen molar-refractivity contribution in [2.75, 3.05) is 45.7 Å². The van der Waals surface area contributed by atoms with Crippen molar-refractivity contribution in [1.29, 1.82) is 0 Å². The summed E-state index contributed by atoms with van der Waals surface area (Å²) in [4.78, 5) is 38.3. The van der Waals surface area contributed by atoms with E-state index in [0.717, 1.165) is 18.7 Å². The van der Waals surface area contributed by atoms with Gasteiger partial charge < -0.3 is 19.9 Å². The van der Waals surface area contributed by atoms with Crippen LogP contribution in [0.3, 0.4) is 0 Å². The standard InChI is InChI=1S/C24H25N5O3/c1-28-10-12-29(13-11-28)24(31)18-8-9-21(32-2)20(14-18)27-23(30)19-15-25-22(26-16-19)17-6-4-3-5-7-17/h3-9,14-16H,10-13H2,1-2H3,(H,27,30). The van der Waals surface area contributed by atoms with Crippen molar-refractivity contribution in [3.8, 4) is 17.1 Å². The van der Waals surface area contributed by atoms with Gasteiger partial charge in [0.15, 0.2) is 5.82 Å². The third-order valence-electron chi connectivity index (χ3n) is 5.43. The number of carbonyl (C=O) groups is 2. The van der Waals surface area contributed by atoms with E-state index >= 15 is 0 Å². The number of nitrogens with one attached hydrogen (secondary N) is 1. The van der Waals surface area contributed by atoms with Crippen molar-refractivity contribution in [3.05, 3.63) is 72.1 Å². The molecule has 4 rings (SSSR count). The molecule has 32 heavy (non-hydrogen) atoms. The Balaban J connectivity index is 1.51. The van der Waals surface area contributed by atoms with Gasteiger partial charge >= 0.3 is 0 Å². The molecule has 8 nitrogen and oxygen atoms in total. The number of hydrogen-bond acceptors (Lipinski definition) is 6. The van der Waals surface area contributed by atoms with Crippen molar-refractivity contribution in [1.82, 2.24) is 19.8 Å². The molecule has 1 aliphatic heterocycles. The molecule has 164 valence electrons. The molecule has 0 bridgehead atoms. The van der Waals surface area contributed by atoms with E-state index < -0.39 is 0 Å². The highest BCUT2D eigenvalue weighted by atomic mass is 16.5. The first-order valence-electron chi connectivity index (χ1n) is 10.4. The highest BCUT2D eigenvalue weighted by Crippen LogP contribution is 2.27. The quantitative estimate of drug-likeness (QED) is 0.668. The minimum Gasteiger partial charge on any atom is -0.495 e. The summed E-state index contributed by atoms with van der Waals surface area (Å²) in [5, 5.41) is 2.82. The van der Waals surface area contributed by atoms with E-state index in [2.05, 4.69) is 20.2 Å². The lowest BCUT2D eigenvalue weighted by atomic mass is 10.1. The van der Waals surface area contributed by atoms with Crippen LogP contribution in [-0.2, 0) is 0 Å². The van der Waals surface area contributed by atoms with Crippen molar-refractivity contribution in [3.63, 3.8) is 0 Å². The maximum Gasteiger partial charge on any atom is 0.258 e. The average molecular weight is 431 g/mol. The van der Waals surface area contributed by atoms with Gasteiger partial charge in [-0.05, 0) is 25.2 Å². The van der Waals surface area contributed by atoms with E-state index in [1.807, 2.05) is 42.3 Å². The Morgan fingerprint density at radius 1 is 0.938 bits per heavy atom. The molecule has 1 saturated heterocycles. The SMILES string of the molecule is COc1ccc(C(=O)N2CCN(C)CC2)cc1NC(=O)c1cnc(-c2ccccc2)nc1. The van der Waals surface area contributed by atoms with Crippen LogP contribution in [-0.4, -0.2) is 71.9 Å². The molecular formula is C24H25N5O3. The molecule has 1 aromatic heterocycles. The second-order valence-electron chi connectivity index (χ2n) is 7.63. The Bertz CT molecular complexity index is 1090. The number of hydrogen-bond donors (Lipinski definition) is 1. The van der Waals surface area contributed by atoms with Crippen LogP contribution in [0, 0.1) is 0 Å². The molecule has 1 aliphatic rings. The maximum absolute atomic E-state index is 12.9. The first kappa shape index (κ1) is 21.5. The fraction of sp³-hybridized carbons (Fsp3) is 0.250. The van der Waals surface area contributed by atoms with Gasteiger partial charge in [-0.25, -0.2) is 9.97 Å². The number of methoxy groups -OCH3 is 1. The van der Waals surface area contributed by atoms with E-state index in [0.29, 0.717) is 41.5 Å². The molecule has 2 amide bonds. The number of ether oxygens (including phenoxy) is 1. The highest BCUT2D eigenvalue weighted by Gasteiger charge is 2.22. The first-order chi connectivity index (χ1) is 15.5. The van der Waals surface area contributed by atoms with E-state index in [1.54, 1.807) is 18.2 Å². The average Bonchev–Trinajstić information content (AvgIpc) is 2.84. The van der Waals surface area contributed by atoms with Gasteiger partial charge in [-0.15, -0.1) is 0 Å². The van der Waals surface area contributed by atoms with Crippen molar-refractivity contribution < 1.29 is 14.3 Å². The number of amides is 2. The molecule has 0 aliphatic carbocycles. The van der Waals surface area contributed by atoms with Crippen LogP contribution >= 0.6 is 0 Å². The lowest BCUT2D eigenvalue weighted by Gasteiger charge is -2.32. The van der Waals surface area contributed by atoms with Gasteiger partial charge in [0.25, 0.3) is 11.8 Å². The van der Waals surface area contributed by atoms with Gasteiger partial charge in [-0.2, -0.15) is 0 Å². The summed E-state index contributed by atoms with van der Waals surface area (Å²) in [5.74, 6) is 0.563. The highest BCUT2D eigenvalue weighted by molar-refractivity contribution is 6.05. The van der Waals surface area contributed by atoms with E-state index in [-0.39, 0.29) is 11.8 Å². The zero-order valence-corrected chi connectivity index (χ0v) is 18.1. The van der Waals surface area contributed by atoms with Crippen LogP contribution in [0.2, 0.25) is 0 Å². The smallest absolute Gasteiger partial charge is 0.258 e. The summed E-state index contributed by atoms with van der Waals surface area (Å²) in [5.41, 5.74) is 2.10. The summed E-state index contributed by atoms with van der Waals surface area (Å²) in [6.07, 6.45) is 2.97. The van der Waals surface area contributed by atoms with E-state index in [1.165, 1.54) is 19.5 Å². The van der Waals surface area contributed by atoms with Gasteiger partial charge in [-0.3, -0.25) is 9.59 Å². The van der Waals surface area contributed by atoms with Crippen molar-refractivity contribution in [2.24, 2.45) is 0 Å². The van der Waals surface area contributed by atoms with Crippen LogP contribution in [0.15, 0.2) is 60.9 Å². The first-order valence-corrected chi connectivity index (χ1v) is 10.4. The number of anilines is 1. The predicted octanol–water partition coefficient (Wildman–Crippen LogP) is 2.79. The topological polar surface area (TPSA) is 87.7 Å². The monoisotopic (exact) mass is 431 g/mol. The lowest BCUT2D eigenvalue weighted by molar-refractivity contribution is 0.0664. The van der Waals surface area contributed by atoms with Crippen molar-refractivity contribution >= 4 is 17.5 Å². The normalized spacial score (nSPS) is 14.1. The molecule has 3 aromatic rings. The molecule has 0 atom stereocenters. The number of carbonyl (C=O) groups excluding carboxylic acids is 2. The van der Waals surface area contributed by atoms with E-state index in [4.69, 9.17) is 4.74 Å². The van der Waals surface area contributed by atoms with Gasteiger partial charge in [0.05, 0.1) is 18.4 Å². The van der Waals surface area contributed by atoms with Crippen LogP contribution in [0.5, 0.6) is 5.75 Å². The number of rotatable bonds is 5. The molecule has 0 unspecified atom stereocenters. The van der Waals surface area contributed by atoms with Gasteiger partial charge in [0.2, 0.25) is 0 Å². The number of piperazine rings is 1. The second kappa shape index (κ2) is 9.57. The van der Waals surface area contributed by atoms with E-state index in [9.17, 15) is 9.59 Å². The molecule has 2 aromatic carbocycles. The van der Waals surface area contributed by atoms with Gasteiger partial charge in [0.1, 0.15) is 5.75 Å². The Morgan fingerprint density at radius 2 is 1.62 bits per heavy atom. The third kappa shape index (κ3) is 4.76. The van der Waals surface area contributed by atoms with Gasteiger partial charge in [-0.1, -0.05) is 30.3 Å². The Morgan fingerprint density at radius 3 is 2.28 bits per heavy atom. The Hall–Kier alpha value is -3.78. The van der Waals surface area contributed by atoms with Crippen LogP contribution in [0.4, 0.5) is 5.69 Å². The molecule has 1 fully saturated rings. The largest absolute Gasteiger partial charge is 0.495 e. The molecule has 1 N–H and O–H groups in total. The Labute approximate surface area is 186 Å². The summed E-state index contributed by atoms with van der Waals surface area (Å²) in [7, 11) is 3.56. The molecule has 0 radical (unpaired) electrons. The summed E-state index contributed by atoms with van der Waals surface area (Å²) in [6.45, 7) is 3.03.